The Bertz CT molecular complexity index is 620. The number of hydrogen-bond acceptors (Lipinski definition) is 2. The van der Waals surface area contributed by atoms with E-state index in [1.165, 1.54) is 21.6 Å². The highest BCUT2D eigenvalue weighted by atomic mass is 32.2. The third-order valence-electron chi connectivity index (χ3n) is 3.31. The Morgan fingerprint density at radius 2 is 1.67 bits per heavy atom. The molecule has 0 radical (unpaired) electrons. The molecule has 0 unspecified atom stereocenters. The fourth-order valence-electron chi connectivity index (χ4n) is 1.96. The smallest absolute Gasteiger partial charge is 0.230 e. The summed E-state index contributed by atoms with van der Waals surface area (Å²) in [4.78, 5) is 13.1. The van der Waals surface area contributed by atoms with Gasteiger partial charge in [0.2, 0.25) is 5.91 Å². The molecule has 0 heterocycles. The molecular formula is C18H21NOS. The molecule has 1 N–H and O–H groups in total. The van der Waals surface area contributed by atoms with E-state index in [0.717, 1.165) is 5.56 Å². The zero-order valence-corrected chi connectivity index (χ0v) is 13.6. The molecule has 0 spiro atoms. The average molecular weight is 299 g/mol. The van der Waals surface area contributed by atoms with E-state index >= 15 is 0 Å². The van der Waals surface area contributed by atoms with Crippen LogP contribution in [0.5, 0.6) is 0 Å². The van der Waals surface area contributed by atoms with Crippen molar-refractivity contribution < 1.29 is 4.79 Å². The van der Waals surface area contributed by atoms with E-state index in [-0.39, 0.29) is 5.91 Å². The van der Waals surface area contributed by atoms with Gasteiger partial charge in [-0.3, -0.25) is 4.79 Å². The zero-order valence-electron chi connectivity index (χ0n) is 12.8. The van der Waals surface area contributed by atoms with Gasteiger partial charge in [-0.05, 0) is 38.0 Å². The molecule has 0 saturated heterocycles. The molecule has 2 aromatic carbocycles. The second-order valence-electron chi connectivity index (χ2n) is 5.32. The molecule has 0 bridgehead atoms. The quantitative estimate of drug-likeness (QED) is 0.845. The van der Waals surface area contributed by atoms with Crippen molar-refractivity contribution in [1.82, 2.24) is 5.32 Å². The van der Waals surface area contributed by atoms with Crippen LogP contribution >= 0.6 is 11.8 Å². The van der Waals surface area contributed by atoms with E-state index in [1.807, 2.05) is 12.1 Å². The Morgan fingerprint density at radius 3 is 2.38 bits per heavy atom. The highest BCUT2D eigenvalue weighted by Crippen LogP contribution is 2.23. The summed E-state index contributed by atoms with van der Waals surface area (Å²) in [5.41, 5.74) is 4.81. The van der Waals surface area contributed by atoms with Crippen LogP contribution in [-0.4, -0.2) is 11.7 Å². The Morgan fingerprint density at radius 1 is 1.00 bits per heavy atom. The number of amides is 1. The van der Waals surface area contributed by atoms with Gasteiger partial charge in [-0.15, -0.1) is 11.8 Å². The third-order valence-corrected chi connectivity index (χ3v) is 4.47. The summed E-state index contributed by atoms with van der Waals surface area (Å²) in [6, 6.07) is 14.5. The molecule has 0 saturated carbocycles. The van der Waals surface area contributed by atoms with Crippen molar-refractivity contribution in [3.63, 3.8) is 0 Å². The number of hydrogen-bond donors (Lipinski definition) is 1. The van der Waals surface area contributed by atoms with Crippen molar-refractivity contribution in [2.24, 2.45) is 0 Å². The van der Waals surface area contributed by atoms with Crippen LogP contribution in [0.1, 0.15) is 22.3 Å². The third kappa shape index (κ3) is 4.94. The van der Waals surface area contributed by atoms with Gasteiger partial charge in [-0.25, -0.2) is 0 Å². The van der Waals surface area contributed by atoms with Crippen LogP contribution in [-0.2, 0) is 11.3 Å². The molecule has 2 nitrogen and oxygen atoms in total. The summed E-state index contributed by atoms with van der Waals surface area (Å²) in [6.45, 7) is 6.79. The van der Waals surface area contributed by atoms with E-state index in [1.54, 1.807) is 11.8 Å². The van der Waals surface area contributed by atoms with Crippen LogP contribution < -0.4 is 5.32 Å². The number of nitrogens with one attached hydrogen (secondary N) is 1. The first-order valence-corrected chi connectivity index (χ1v) is 8.05. The Balaban J connectivity index is 1.82. The van der Waals surface area contributed by atoms with E-state index in [0.29, 0.717) is 12.3 Å². The maximum atomic E-state index is 11.9. The molecule has 0 aliphatic carbocycles. The molecule has 0 aromatic heterocycles. The van der Waals surface area contributed by atoms with Gasteiger partial charge in [-0.1, -0.05) is 47.5 Å². The standard InChI is InChI=1S/C18H21NOS/c1-13-5-8-16(9-6-13)11-19-18(20)12-21-17-10-14(2)4-7-15(17)3/h4-10H,11-12H2,1-3H3,(H,19,20). The van der Waals surface area contributed by atoms with Crippen LogP contribution in [0.2, 0.25) is 0 Å². The molecule has 0 atom stereocenters. The average Bonchev–Trinajstić information content (AvgIpc) is 2.47. The summed E-state index contributed by atoms with van der Waals surface area (Å²) >= 11 is 1.59. The number of thioether (sulfide) groups is 1. The van der Waals surface area contributed by atoms with Crippen molar-refractivity contribution >= 4 is 17.7 Å². The van der Waals surface area contributed by atoms with E-state index < -0.39 is 0 Å². The lowest BCUT2D eigenvalue weighted by molar-refractivity contribution is -0.118. The minimum atomic E-state index is 0.0708. The first kappa shape index (κ1) is 15.6. The number of carbonyl (C=O) groups excluding carboxylic acids is 1. The van der Waals surface area contributed by atoms with Crippen molar-refractivity contribution in [3.8, 4) is 0 Å². The molecule has 2 aromatic rings. The van der Waals surface area contributed by atoms with Gasteiger partial charge < -0.3 is 5.32 Å². The van der Waals surface area contributed by atoms with Gasteiger partial charge in [0.25, 0.3) is 0 Å². The van der Waals surface area contributed by atoms with Crippen molar-refractivity contribution in [1.29, 1.82) is 0 Å². The van der Waals surface area contributed by atoms with Gasteiger partial charge in [0.05, 0.1) is 5.75 Å². The molecule has 0 fully saturated rings. The molecule has 2 rings (SSSR count). The lowest BCUT2D eigenvalue weighted by Gasteiger charge is -2.08. The van der Waals surface area contributed by atoms with E-state index in [9.17, 15) is 4.79 Å². The van der Waals surface area contributed by atoms with Gasteiger partial charge >= 0.3 is 0 Å². The Labute approximate surface area is 131 Å². The molecule has 0 aliphatic rings. The predicted octanol–water partition coefficient (Wildman–Crippen LogP) is 4.02. The largest absolute Gasteiger partial charge is 0.351 e. The molecule has 110 valence electrons. The van der Waals surface area contributed by atoms with Crippen molar-refractivity contribution in [2.75, 3.05) is 5.75 Å². The molecular weight excluding hydrogens is 278 g/mol. The summed E-state index contributed by atoms with van der Waals surface area (Å²) in [5, 5.41) is 2.96. The summed E-state index contributed by atoms with van der Waals surface area (Å²) < 4.78 is 0. The first-order chi connectivity index (χ1) is 10.0. The van der Waals surface area contributed by atoms with Gasteiger partial charge in [0.15, 0.2) is 0 Å². The fourth-order valence-corrected chi connectivity index (χ4v) is 2.92. The fraction of sp³-hybridized carbons (Fsp3) is 0.278. The Kier molecular flexibility index (Phi) is 5.45. The molecule has 1 amide bonds. The summed E-state index contributed by atoms with van der Waals surface area (Å²) in [5.74, 6) is 0.525. The highest BCUT2D eigenvalue weighted by molar-refractivity contribution is 8.00. The SMILES string of the molecule is Cc1ccc(CNC(=O)CSc2cc(C)ccc2C)cc1. The summed E-state index contributed by atoms with van der Waals surface area (Å²) in [7, 11) is 0. The van der Waals surface area contributed by atoms with E-state index in [4.69, 9.17) is 0 Å². The lowest BCUT2D eigenvalue weighted by Crippen LogP contribution is -2.24. The predicted molar refractivity (Wildman–Crippen MR) is 89.7 cm³/mol. The number of carbonyl (C=O) groups is 1. The van der Waals surface area contributed by atoms with E-state index in [2.05, 4.69) is 56.4 Å². The van der Waals surface area contributed by atoms with Crippen molar-refractivity contribution in [3.05, 3.63) is 64.7 Å². The summed E-state index contributed by atoms with van der Waals surface area (Å²) in [6.07, 6.45) is 0. The van der Waals surface area contributed by atoms with Crippen LogP contribution in [0, 0.1) is 20.8 Å². The number of aryl methyl sites for hydroxylation is 3. The second-order valence-corrected chi connectivity index (χ2v) is 6.34. The zero-order chi connectivity index (χ0) is 15.2. The highest BCUT2D eigenvalue weighted by Gasteiger charge is 2.05. The number of rotatable bonds is 5. The first-order valence-electron chi connectivity index (χ1n) is 7.07. The molecule has 21 heavy (non-hydrogen) atoms. The minimum absolute atomic E-state index is 0.0708. The van der Waals surface area contributed by atoms with Crippen LogP contribution in [0.15, 0.2) is 47.4 Å². The second kappa shape index (κ2) is 7.32. The maximum Gasteiger partial charge on any atom is 0.230 e. The van der Waals surface area contributed by atoms with Crippen LogP contribution in [0.4, 0.5) is 0 Å². The topological polar surface area (TPSA) is 29.1 Å². The van der Waals surface area contributed by atoms with Crippen LogP contribution in [0.25, 0.3) is 0 Å². The van der Waals surface area contributed by atoms with Gasteiger partial charge in [-0.2, -0.15) is 0 Å². The monoisotopic (exact) mass is 299 g/mol. The lowest BCUT2D eigenvalue weighted by atomic mass is 10.1. The molecule has 3 heteroatoms. The normalized spacial score (nSPS) is 10.4. The van der Waals surface area contributed by atoms with Gasteiger partial charge in [0.1, 0.15) is 0 Å². The Hall–Kier alpha value is -1.74. The maximum absolute atomic E-state index is 11.9. The van der Waals surface area contributed by atoms with Crippen molar-refractivity contribution in [2.45, 2.75) is 32.2 Å². The van der Waals surface area contributed by atoms with Crippen LogP contribution in [0.3, 0.4) is 0 Å². The van der Waals surface area contributed by atoms with Gasteiger partial charge in [0, 0.05) is 11.4 Å². The number of benzene rings is 2. The molecule has 0 aliphatic heterocycles. The minimum Gasteiger partial charge on any atom is -0.351 e.